The highest BCUT2D eigenvalue weighted by molar-refractivity contribution is 5.99. The molecule has 1 amide bonds. The number of nitrogens with zero attached hydrogens (tertiary/aromatic N) is 1. The lowest BCUT2D eigenvalue weighted by Gasteiger charge is -2.12. The second kappa shape index (κ2) is 9.38. The van der Waals surface area contributed by atoms with E-state index in [0.717, 1.165) is 18.7 Å². The van der Waals surface area contributed by atoms with Crippen LogP contribution in [0.3, 0.4) is 0 Å². The highest BCUT2D eigenvalue weighted by Gasteiger charge is 2.24. The van der Waals surface area contributed by atoms with Crippen LogP contribution in [0.15, 0.2) is 30.3 Å². The molecule has 0 spiro atoms. The van der Waals surface area contributed by atoms with E-state index in [9.17, 15) is 14.9 Å². The number of methoxy groups -OCH3 is 1. The number of hydrogen-bond acceptors (Lipinski definition) is 6. The fraction of sp³-hybridized carbons (Fsp3) is 0.316. The third-order valence-electron chi connectivity index (χ3n) is 4.38. The SMILES string of the molecule is CCOc1cc([N+](=O)[O-])c(C(=O)NCc2ccc3c(c2)CNC3)cc1OC.Cl. The van der Waals surface area contributed by atoms with Crippen molar-refractivity contribution in [3.05, 3.63) is 62.7 Å². The Balaban J connectivity index is 0.00000280. The maximum absolute atomic E-state index is 12.6. The fourth-order valence-electron chi connectivity index (χ4n) is 3.05. The topological polar surface area (TPSA) is 103 Å². The first-order valence-corrected chi connectivity index (χ1v) is 8.62. The lowest BCUT2D eigenvalue weighted by molar-refractivity contribution is -0.385. The third kappa shape index (κ3) is 4.52. The van der Waals surface area contributed by atoms with Gasteiger partial charge in [-0.05, 0) is 23.6 Å². The molecule has 0 aromatic heterocycles. The van der Waals surface area contributed by atoms with E-state index in [2.05, 4.69) is 10.6 Å². The number of hydrogen-bond donors (Lipinski definition) is 2. The molecule has 2 aromatic carbocycles. The Labute approximate surface area is 168 Å². The summed E-state index contributed by atoms with van der Waals surface area (Å²) in [5.41, 5.74) is 3.00. The Morgan fingerprint density at radius 2 is 1.96 bits per heavy atom. The Bertz CT molecular complexity index is 888. The molecule has 8 nitrogen and oxygen atoms in total. The lowest BCUT2D eigenvalue weighted by atomic mass is 10.1. The van der Waals surface area contributed by atoms with E-state index < -0.39 is 10.8 Å². The van der Waals surface area contributed by atoms with Crippen LogP contribution in [0.25, 0.3) is 0 Å². The number of fused-ring (bicyclic) bond motifs is 1. The highest BCUT2D eigenvalue weighted by Crippen LogP contribution is 2.34. The third-order valence-corrected chi connectivity index (χ3v) is 4.38. The predicted molar refractivity (Wildman–Crippen MR) is 106 cm³/mol. The van der Waals surface area contributed by atoms with Gasteiger partial charge in [0.25, 0.3) is 11.6 Å². The Kier molecular flexibility index (Phi) is 7.19. The molecule has 0 saturated carbocycles. The van der Waals surface area contributed by atoms with Gasteiger partial charge in [0.15, 0.2) is 11.5 Å². The monoisotopic (exact) mass is 407 g/mol. The van der Waals surface area contributed by atoms with Gasteiger partial charge in [0.2, 0.25) is 0 Å². The molecule has 0 bridgehead atoms. The van der Waals surface area contributed by atoms with Crippen molar-refractivity contribution < 1.29 is 19.2 Å². The maximum Gasteiger partial charge on any atom is 0.286 e. The van der Waals surface area contributed by atoms with Crippen molar-refractivity contribution in [3.63, 3.8) is 0 Å². The lowest BCUT2D eigenvalue weighted by Crippen LogP contribution is -2.24. The average molecular weight is 408 g/mol. The normalized spacial score (nSPS) is 11.9. The molecular formula is C19H22ClN3O5. The Morgan fingerprint density at radius 1 is 1.21 bits per heavy atom. The van der Waals surface area contributed by atoms with Crippen LogP contribution in [0.4, 0.5) is 5.69 Å². The van der Waals surface area contributed by atoms with E-state index in [-0.39, 0.29) is 41.7 Å². The van der Waals surface area contributed by atoms with Gasteiger partial charge in [-0.1, -0.05) is 18.2 Å². The smallest absolute Gasteiger partial charge is 0.286 e. The van der Waals surface area contributed by atoms with Crippen LogP contribution in [0.5, 0.6) is 11.5 Å². The van der Waals surface area contributed by atoms with Crippen molar-refractivity contribution in [1.29, 1.82) is 0 Å². The van der Waals surface area contributed by atoms with E-state index in [1.165, 1.54) is 30.4 Å². The number of nitro groups is 1. The van der Waals surface area contributed by atoms with Crippen LogP contribution in [-0.4, -0.2) is 24.5 Å². The summed E-state index contributed by atoms with van der Waals surface area (Å²) in [6.45, 7) is 4.02. The molecule has 1 aliphatic rings. The minimum atomic E-state index is -0.599. The zero-order valence-corrected chi connectivity index (χ0v) is 16.4. The molecule has 0 fully saturated rings. The van der Waals surface area contributed by atoms with E-state index >= 15 is 0 Å². The molecule has 0 radical (unpaired) electrons. The van der Waals surface area contributed by atoms with Crippen molar-refractivity contribution in [1.82, 2.24) is 10.6 Å². The van der Waals surface area contributed by atoms with E-state index in [0.29, 0.717) is 6.61 Å². The summed E-state index contributed by atoms with van der Waals surface area (Å²) in [7, 11) is 1.42. The van der Waals surface area contributed by atoms with Crippen molar-refractivity contribution in [2.45, 2.75) is 26.6 Å². The zero-order valence-electron chi connectivity index (χ0n) is 15.6. The van der Waals surface area contributed by atoms with Gasteiger partial charge in [-0.15, -0.1) is 12.4 Å². The summed E-state index contributed by atoms with van der Waals surface area (Å²) in [6, 6.07) is 8.56. The van der Waals surface area contributed by atoms with Crippen LogP contribution in [0.2, 0.25) is 0 Å². The van der Waals surface area contributed by atoms with Crippen LogP contribution >= 0.6 is 12.4 Å². The number of benzene rings is 2. The maximum atomic E-state index is 12.6. The highest BCUT2D eigenvalue weighted by atomic mass is 35.5. The van der Waals surface area contributed by atoms with Gasteiger partial charge >= 0.3 is 0 Å². The van der Waals surface area contributed by atoms with Gasteiger partial charge in [-0.2, -0.15) is 0 Å². The molecule has 0 atom stereocenters. The minimum absolute atomic E-state index is 0. The zero-order chi connectivity index (χ0) is 19.4. The van der Waals surface area contributed by atoms with E-state index in [1.54, 1.807) is 6.92 Å². The summed E-state index contributed by atoms with van der Waals surface area (Å²) in [5, 5.41) is 17.4. The number of amides is 1. The first-order chi connectivity index (χ1) is 13.0. The first-order valence-electron chi connectivity index (χ1n) is 8.62. The minimum Gasteiger partial charge on any atom is -0.493 e. The number of rotatable bonds is 7. The number of nitro benzene ring substituents is 1. The standard InChI is InChI=1S/C19H21N3O5.ClH/c1-3-27-18-8-16(22(24)25)15(7-17(18)26-2)19(23)21-9-12-4-5-13-10-20-11-14(13)6-12;/h4-8,20H,3,9-11H2,1-2H3,(H,21,23);1H. The van der Waals surface area contributed by atoms with Crippen molar-refractivity contribution >= 4 is 24.0 Å². The number of nitrogens with one attached hydrogen (secondary N) is 2. The Morgan fingerprint density at radius 3 is 2.64 bits per heavy atom. The van der Waals surface area contributed by atoms with Crippen LogP contribution in [0, 0.1) is 10.1 Å². The first kappa shape index (κ1) is 21.5. The molecule has 3 rings (SSSR count). The molecule has 0 aliphatic carbocycles. The van der Waals surface area contributed by atoms with Gasteiger partial charge in [-0.3, -0.25) is 14.9 Å². The molecular weight excluding hydrogens is 386 g/mol. The molecule has 0 saturated heterocycles. The second-order valence-electron chi connectivity index (χ2n) is 6.10. The molecule has 0 unspecified atom stereocenters. The average Bonchev–Trinajstić information content (AvgIpc) is 3.13. The number of carbonyl (C=O) groups is 1. The summed E-state index contributed by atoms with van der Waals surface area (Å²) < 4.78 is 10.6. The molecule has 1 heterocycles. The summed E-state index contributed by atoms with van der Waals surface area (Å²) in [4.78, 5) is 23.4. The summed E-state index contributed by atoms with van der Waals surface area (Å²) in [5.74, 6) is -0.0350. The predicted octanol–water partition coefficient (Wildman–Crippen LogP) is 2.96. The molecule has 150 valence electrons. The van der Waals surface area contributed by atoms with Crippen molar-refractivity contribution in [2.24, 2.45) is 0 Å². The molecule has 2 aromatic rings. The van der Waals surface area contributed by atoms with Crippen LogP contribution in [-0.2, 0) is 19.6 Å². The van der Waals surface area contributed by atoms with Gasteiger partial charge in [0, 0.05) is 25.7 Å². The van der Waals surface area contributed by atoms with Crippen molar-refractivity contribution in [3.8, 4) is 11.5 Å². The quantitative estimate of drug-likeness (QED) is 0.540. The second-order valence-corrected chi connectivity index (χ2v) is 6.10. The number of carbonyl (C=O) groups excluding carboxylic acids is 1. The van der Waals surface area contributed by atoms with Gasteiger partial charge < -0.3 is 20.1 Å². The van der Waals surface area contributed by atoms with Gasteiger partial charge in [-0.25, -0.2) is 0 Å². The number of ether oxygens (including phenoxy) is 2. The largest absolute Gasteiger partial charge is 0.493 e. The summed E-state index contributed by atoms with van der Waals surface area (Å²) >= 11 is 0. The molecule has 28 heavy (non-hydrogen) atoms. The fourth-order valence-corrected chi connectivity index (χ4v) is 3.05. The summed E-state index contributed by atoms with van der Waals surface area (Å²) in [6.07, 6.45) is 0. The van der Waals surface area contributed by atoms with Crippen LogP contribution in [0.1, 0.15) is 34.0 Å². The molecule has 9 heteroatoms. The number of halogens is 1. The van der Waals surface area contributed by atoms with E-state index in [1.807, 2.05) is 18.2 Å². The van der Waals surface area contributed by atoms with E-state index in [4.69, 9.17) is 9.47 Å². The van der Waals surface area contributed by atoms with Gasteiger partial charge in [0.1, 0.15) is 5.56 Å². The molecule has 1 aliphatic heterocycles. The molecule has 2 N–H and O–H groups in total. The van der Waals surface area contributed by atoms with Gasteiger partial charge in [0.05, 0.1) is 24.7 Å². The Hall–Kier alpha value is -2.84. The van der Waals surface area contributed by atoms with Crippen molar-refractivity contribution in [2.75, 3.05) is 13.7 Å². The van der Waals surface area contributed by atoms with Crippen LogP contribution < -0.4 is 20.1 Å².